The molecule has 1 amide bonds. The summed E-state index contributed by atoms with van der Waals surface area (Å²) in [6, 6.07) is 5.19. The van der Waals surface area contributed by atoms with Gasteiger partial charge in [-0.25, -0.2) is 12.8 Å². The molecular weight excluding hydrogens is 345 g/mol. The zero-order valence-electron chi connectivity index (χ0n) is 12.2. The molecule has 0 spiro atoms. The van der Waals surface area contributed by atoms with Crippen molar-refractivity contribution >= 4 is 39.2 Å². The molecule has 9 heteroatoms. The van der Waals surface area contributed by atoms with Gasteiger partial charge in [0.1, 0.15) is 5.82 Å². The number of ether oxygens (including phenoxy) is 1. The van der Waals surface area contributed by atoms with Crippen molar-refractivity contribution in [1.82, 2.24) is 0 Å². The molecule has 6 nitrogen and oxygen atoms in total. The van der Waals surface area contributed by atoms with Crippen molar-refractivity contribution in [1.29, 1.82) is 0 Å². The van der Waals surface area contributed by atoms with Crippen LogP contribution in [0.1, 0.15) is 6.42 Å². The van der Waals surface area contributed by atoms with Gasteiger partial charge in [0.25, 0.3) is 5.91 Å². The van der Waals surface area contributed by atoms with E-state index in [2.05, 4.69) is 5.32 Å². The second-order valence-corrected chi connectivity index (χ2v) is 8.57. The first-order valence-corrected chi connectivity index (χ1v) is 9.74. The maximum Gasteiger partial charge on any atom is 0.316 e. The highest BCUT2D eigenvalue weighted by molar-refractivity contribution is 8.02. The van der Waals surface area contributed by atoms with Crippen LogP contribution in [0.4, 0.5) is 10.1 Å². The van der Waals surface area contributed by atoms with Crippen LogP contribution in [0.15, 0.2) is 24.3 Å². The van der Waals surface area contributed by atoms with Gasteiger partial charge in [-0.2, -0.15) is 0 Å². The first-order valence-electron chi connectivity index (χ1n) is 6.87. The van der Waals surface area contributed by atoms with Crippen LogP contribution in [0, 0.1) is 5.82 Å². The van der Waals surface area contributed by atoms with Gasteiger partial charge in [-0.05, 0) is 30.7 Å². The maximum atomic E-state index is 12.7. The molecule has 1 aliphatic rings. The van der Waals surface area contributed by atoms with Gasteiger partial charge in [-0.3, -0.25) is 9.59 Å². The van der Waals surface area contributed by atoms with Crippen LogP contribution in [0.5, 0.6) is 0 Å². The summed E-state index contributed by atoms with van der Waals surface area (Å²) < 4.78 is 40.1. The molecule has 1 atom stereocenters. The molecular formula is C14H16FNO5S2. The number of esters is 1. The summed E-state index contributed by atoms with van der Waals surface area (Å²) in [5.74, 6) is -1.29. The number of hydrogen-bond donors (Lipinski definition) is 1. The van der Waals surface area contributed by atoms with Gasteiger partial charge < -0.3 is 10.1 Å². The Kier molecular flexibility index (Phi) is 6.00. The van der Waals surface area contributed by atoms with Crippen molar-refractivity contribution < 1.29 is 27.1 Å². The Morgan fingerprint density at radius 2 is 2.00 bits per heavy atom. The molecule has 1 heterocycles. The minimum Gasteiger partial charge on any atom is -0.455 e. The predicted octanol–water partition coefficient (Wildman–Crippen LogP) is 1.23. The Hall–Kier alpha value is -1.61. The molecule has 1 aliphatic heterocycles. The summed E-state index contributed by atoms with van der Waals surface area (Å²) in [7, 11) is -2.97. The van der Waals surface area contributed by atoms with Gasteiger partial charge in [-0.1, -0.05) is 0 Å². The number of rotatable bonds is 6. The van der Waals surface area contributed by atoms with Crippen LogP contribution < -0.4 is 5.32 Å². The second kappa shape index (κ2) is 7.78. The van der Waals surface area contributed by atoms with Crippen molar-refractivity contribution in [3.8, 4) is 0 Å². The minimum atomic E-state index is -2.97. The molecule has 2 rings (SSSR count). The lowest BCUT2D eigenvalue weighted by molar-refractivity contribution is -0.144. The van der Waals surface area contributed by atoms with Gasteiger partial charge in [0.2, 0.25) is 0 Å². The fourth-order valence-corrected chi connectivity index (χ4v) is 5.44. The number of carbonyl (C=O) groups is 2. The smallest absolute Gasteiger partial charge is 0.316 e. The largest absolute Gasteiger partial charge is 0.455 e. The Morgan fingerprint density at radius 1 is 1.30 bits per heavy atom. The minimum absolute atomic E-state index is 0.00398. The Labute approximate surface area is 137 Å². The van der Waals surface area contributed by atoms with Crippen molar-refractivity contribution in [3.05, 3.63) is 30.1 Å². The summed E-state index contributed by atoms with van der Waals surface area (Å²) in [6.45, 7) is -0.445. The molecule has 0 aromatic heterocycles. The molecule has 0 unspecified atom stereocenters. The number of anilines is 1. The molecule has 1 aromatic carbocycles. The lowest BCUT2D eigenvalue weighted by Gasteiger charge is -2.08. The topological polar surface area (TPSA) is 89.5 Å². The molecule has 0 radical (unpaired) electrons. The number of sulfone groups is 1. The van der Waals surface area contributed by atoms with Crippen LogP contribution >= 0.6 is 11.8 Å². The molecule has 0 saturated carbocycles. The summed E-state index contributed by atoms with van der Waals surface area (Å²) in [6.07, 6.45) is 0.533. The molecule has 1 aromatic rings. The molecule has 23 heavy (non-hydrogen) atoms. The SMILES string of the molecule is O=C(COC(=O)CS[C@H]1CCS(=O)(=O)C1)Nc1ccc(F)cc1. The Morgan fingerprint density at radius 3 is 2.61 bits per heavy atom. The fourth-order valence-electron chi connectivity index (χ4n) is 2.00. The monoisotopic (exact) mass is 361 g/mol. The zero-order chi connectivity index (χ0) is 16.9. The van der Waals surface area contributed by atoms with Crippen molar-refractivity contribution in [2.24, 2.45) is 0 Å². The second-order valence-electron chi connectivity index (χ2n) is 5.05. The summed E-state index contributed by atoms with van der Waals surface area (Å²) in [5, 5.41) is 2.37. The highest BCUT2D eigenvalue weighted by Crippen LogP contribution is 2.24. The molecule has 1 N–H and O–H groups in total. The van der Waals surface area contributed by atoms with Crippen molar-refractivity contribution in [3.63, 3.8) is 0 Å². The molecule has 126 valence electrons. The van der Waals surface area contributed by atoms with Crippen LogP contribution in [-0.2, 0) is 24.2 Å². The standard InChI is InChI=1S/C14H16FNO5S2/c15-10-1-3-11(4-2-10)16-13(17)7-21-14(18)8-22-12-5-6-23(19,20)9-12/h1-4,12H,5-9H2,(H,16,17)/t12-/m0/s1. The van der Waals surface area contributed by atoms with Gasteiger partial charge in [-0.15, -0.1) is 11.8 Å². The third-order valence-electron chi connectivity index (χ3n) is 3.12. The number of amides is 1. The molecule has 0 bridgehead atoms. The summed E-state index contributed by atoms with van der Waals surface area (Å²) >= 11 is 1.22. The van der Waals surface area contributed by atoms with Crippen LogP contribution in [0.3, 0.4) is 0 Å². The lowest BCUT2D eigenvalue weighted by atomic mass is 10.3. The van der Waals surface area contributed by atoms with E-state index in [1.807, 2.05) is 0 Å². The van der Waals surface area contributed by atoms with Crippen molar-refractivity contribution in [2.45, 2.75) is 11.7 Å². The van der Waals surface area contributed by atoms with Crippen LogP contribution in [0.2, 0.25) is 0 Å². The summed E-state index contributed by atoms with van der Waals surface area (Å²) in [5.41, 5.74) is 0.401. The van der Waals surface area contributed by atoms with E-state index in [0.717, 1.165) is 0 Å². The van der Waals surface area contributed by atoms with E-state index in [-0.39, 0.29) is 22.5 Å². The van der Waals surface area contributed by atoms with E-state index in [1.165, 1.54) is 36.0 Å². The third kappa shape index (κ3) is 6.19. The average molecular weight is 361 g/mol. The van der Waals surface area contributed by atoms with Crippen LogP contribution in [-0.4, -0.2) is 49.4 Å². The van der Waals surface area contributed by atoms with Gasteiger partial charge in [0, 0.05) is 10.9 Å². The number of nitrogens with one attached hydrogen (secondary N) is 1. The number of benzene rings is 1. The van der Waals surface area contributed by atoms with Crippen molar-refractivity contribution in [2.75, 3.05) is 29.2 Å². The first-order chi connectivity index (χ1) is 10.8. The van der Waals surface area contributed by atoms with Gasteiger partial charge >= 0.3 is 5.97 Å². The average Bonchev–Trinajstić information content (AvgIpc) is 2.85. The Bertz CT molecular complexity index is 675. The molecule has 1 fully saturated rings. The van der Waals surface area contributed by atoms with E-state index in [1.54, 1.807) is 0 Å². The fraction of sp³-hybridized carbons (Fsp3) is 0.429. The number of halogens is 1. The van der Waals surface area contributed by atoms with E-state index < -0.39 is 34.1 Å². The number of carbonyl (C=O) groups excluding carboxylic acids is 2. The van der Waals surface area contributed by atoms with E-state index >= 15 is 0 Å². The lowest BCUT2D eigenvalue weighted by Crippen LogP contribution is -2.22. The molecule has 0 aliphatic carbocycles. The zero-order valence-corrected chi connectivity index (χ0v) is 13.8. The van der Waals surface area contributed by atoms with Gasteiger partial charge in [0.05, 0.1) is 17.3 Å². The van der Waals surface area contributed by atoms with Gasteiger partial charge in [0.15, 0.2) is 16.4 Å². The number of hydrogen-bond acceptors (Lipinski definition) is 6. The summed E-state index contributed by atoms with van der Waals surface area (Å²) in [4.78, 5) is 23.1. The maximum absolute atomic E-state index is 12.7. The van der Waals surface area contributed by atoms with E-state index in [9.17, 15) is 22.4 Å². The highest BCUT2D eigenvalue weighted by atomic mass is 32.2. The van der Waals surface area contributed by atoms with Crippen LogP contribution in [0.25, 0.3) is 0 Å². The normalized spacial score (nSPS) is 19.3. The third-order valence-corrected chi connectivity index (χ3v) is 6.37. The highest BCUT2D eigenvalue weighted by Gasteiger charge is 2.28. The quantitative estimate of drug-likeness (QED) is 0.767. The predicted molar refractivity (Wildman–Crippen MR) is 85.5 cm³/mol. The van der Waals surface area contributed by atoms with E-state index in [0.29, 0.717) is 12.1 Å². The molecule has 1 saturated heterocycles. The number of thioether (sulfide) groups is 1. The van der Waals surface area contributed by atoms with E-state index in [4.69, 9.17) is 4.74 Å². The first kappa shape index (κ1) is 17.7. The Balaban J connectivity index is 1.66.